The summed E-state index contributed by atoms with van der Waals surface area (Å²) in [7, 11) is 0. The van der Waals surface area contributed by atoms with Gasteiger partial charge in [-0.2, -0.15) is 0 Å². The van der Waals surface area contributed by atoms with E-state index in [0.29, 0.717) is 18.7 Å². The Balaban J connectivity index is 1.33. The zero-order chi connectivity index (χ0) is 25.7. The van der Waals surface area contributed by atoms with Crippen molar-refractivity contribution in [2.45, 2.75) is 38.5 Å². The number of nitrogens with zero attached hydrogens (tertiary/aromatic N) is 1. The molecule has 2 N–H and O–H groups in total. The molecule has 0 aromatic heterocycles. The Bertz CT molecular complexity index is 1350. The van der Waals surface area contributed by atoms with Crippen LogP contribution in [-0.2, 0) is 16.0 Å². The summed E-state index contributed by atoms with van der Waals surface area (Å²) in [5, 5.41) is 12.0. The number of ether oxygens (including phenoxy) is 1. The summed E-state index contributed by atoms with van der Waals surface area (Å²) < 4.78 is 5.71. The summed E-state index contributed by atoms with van der Waals surface area (Å²) in [4.78, 5) is 28.9. The summed E-state index contributed by atoms with van der Waals surface area (Å²) in [6, 6.07) is 21.8. The third-order valence-corrected chi connectivity index (χ3v) is 7.19. The first-order chi connectivity index (χ1) is 18.0. The number of carboxylic acids is 1. The number of anilines is 1. The molecule has 0 saturated heterocycles. The molecule has 0 radical (unpaired) electrons. The molecule has 5 rings (SSSR count). The van der Waals surface area contributed by atoms with E-state index >= 15 is 0 Å². The van der Waals surface area contributed by atoms with Gasteiger partial charge in [0.15, 0.2) is 0 Å². The zero-order valence-electron chi connectivity index (χ0n) is 20.7. The van der Waals surface area contributed by atoms with Gasteiger partial charge in [-0.15, -0.1) is 0 Å². The van der Waals surface area contributed by atoms with E-state index in [1.807, 2.05) is 30.3 Å². The first kappa shape index (κ1) is 24.5. The molecular formula is C31H30N2O4. The van der Waals surface area contributed by atoms with Gasteiger partial charge >= 0.3 is 5.97 Å². The highest BCUT2D eigenvalue weighted by Gasteiger charge is 2.39. The molecule has 6 nitrogen and oxygen atoms in total. The normalized spacial score (nSPS) is 16.1. The van der Waals surface area contributed by atoms with Gasteiger partial charge < -0.3 is 15.2 Å². The fourth-order valence-corrected chi connectivity index (χ4v) is 5.25. The van der Waals surface area contributed by atoms with Crippen molar-refractivity contribution in [3.63, 3.8) is 0 Å². The van der Waals surface area contributed by atoms with E-state index < -0.39 is 11.4 Å². The lowest BCUT2D eigenvalue weighted by atomic mass is 9.69. The predicted molar refractivity (Wildman–Crippen MR) is 146 cm³/mol. The average Bonchev–Trinajstić information content (AvgIpc) is 2.93. The molecular weight excluding hydrogens is 464 g/mol. The molecule has 1 heterocycles. The van der Waals surface area contributed by atoms with Crippen molar-refractivity contribution >= 4 is 35.5 Å². The smallest absolute Gasteiger partial charge is 0.328 e. The highest BCUT2D eigenvalue weighted by Crippen LogP contribution is 2.41. The van der Waals surface area contributed by atoms with Gasteiger partial charge in [-0.25, -0.2) is 4.79 Å². The van der Waals surface area contributed by atoms with Crippen molar-refractivity contribution in [3.05, 3.63) is 83.9 Å². The number of carboxylic acid groups (broad SMARTS) is 1. The molecule has 1 fully saturated rings. The number of amides is 1. The molecule has 1 aliphatic heterocycles. The highest BCUT2D eigenvalue weighted by molar-refractivity contribution is 5.96. The second-order valence-corrected chi connectivity index (χ2v) is 9.77. The van der Waals surface area contributed by atoms with Crippen LogP contribution in [0.5, 0.6) is 5.75 Å². The number of rotatable bonds is 7. The highest BCUT2D eigenvalue weighted by atomic mass is 16.5. The summed E-state index contributed by atoms with van der Waals surface area (Å²) in [6.07, 6.45) is 9.98. The molecule has 1 saturated carbocycles. The fraction of sp³-hybridized carbons (Fsp3) is 0.258. The minimum absolute atomic E-state index is 0.0306. The molecule has 3 aromatic carbocycles. The molecule has 3 aromatic rings. The maximum absolute atomic E-state index is 13.6. The van der Waals surface area contributed by atoms with Gasteiger partial charge in [-0.1, -0.05) is 61.7 Å². The number of fused-ring (bicyclic) bond motifs is 1. The summed E-state index contributed by atoms with van der Waals surface area (Å²) in [5.41, 5.74) is 5.09. The number of benzene rings is 3. The zero-order valence-corrected chi connectivity index (χ0v) is 20.7. The van der Waals surface area contributed by atoms with Crippen LogP contribution in [0.3, 0.4) is 0 Å². The largest absolute Gasteiger partial charge is 0.486 e. The molecule has 2 aliphatic rings. The van der Waals surface area contributed by atoms with E-state index in [4.69, 9.17) is 9.84 Å². The fourth-order valence-electron chi connectivity index (χ4n) is 5.25. The minimum Gasteiger partial charge on any atom is -0.486 e. The second-order valence-electron chi connectivity index (χ2n) is 9.77. The quantitative estimate of drug-likeness (QED) is 0.359. The number of aliphatic imine (C=N–C) groups is 1. The topological polar surface area (TPSA) is 88.0 Å². The Morgan fingerprint density at radius 2 is 1.76 bits per heavy atom. The Hall–Kier alpha value is -4.19. The third-order valence-electron chi connectivity index (χ3n) is 7.19. The van der Waals surface area contributed by atoms with Crippen molar-refractivity contribution in [1.29, 1.82) is 0 Å². The van der Waals surface area contributed by atoms with Gasteiger partial charge in [-0.05, 0) is 71.9 Å². The molecule has 0 unspecified atom stereocenters. The van der Waals surface area contributed by atoms with Crippen LogP contribution >= 0.6 is 0 Å². The van der Waals surface area contributed by atoms with Crippen LogP contribution < -0.4 is 10.1 Å². The van der Waals surface area contributed by atoms with Crippen LogP contribution in [0.15, 0.2) is 77.8 Å². The Labute approximate surface area is 216 Å². The van der Waals surface area contributed by atoms with E-state index in [9.17, 15) is 9.59 Å². The number of nitrogens with one attached hydrogen (secondary N) is 1. The van der Waals surface area contributed by atoms with Crippen LogP contribution in [-0.4, -0.2) is 29.8 Å². The van der Waals surface area contributed by atoms with Gasteiger partial charge in [0.05, 0.1) is 5.41 Å². The monoisotopic (exact) mass is 494 g/mol. The minimum atomic E-state index is -1.00. The van der Waals surface area contributed by atoms with E-state index in [0.717, 1.165) is 71.9 Å². The van der Waals surface area contributed by atoms with E-state index in [1.165, 1.54) is 6.08 Å². The molecule has 0 spiro atoms. The average molecular weight is 495 g/mol. The first-order valence-corrected chi connectivity index (χ1v) is 12.7. The van der Waals surface area contributed by atoms with Gasteiger partial charge in [0.25, 0.3) is 0 Å². The Morgan fingerprint density at radius 3 is 2.54 bits per heavy atom. The van der Waals surface area contributed by atoms with Crippen molar-refractivity contribution in [1.82, 2.24) is 0 Å². The predicted octanol–water partition coefficient (Wildman–Crippen LogP) is 6.68. The second kappa shape index (κ2) is 10.8. The van der Waals surface area contributed by atoms with Crippen LogP contribution in [0.1, 0.15) is 43.2 Å². The lowest BCUT2D eigenvalue weighted by Crippen LogP contribution is -2.40. The third kappa shape index (κ3) is 5.80. The van der Waals surface area contributed by atoms with Crippen LogP contribution in [0.2, 0.25) is 0 Å². The maximum atomic E-state index is 13.6. The number of carbonyl (C=O) groups is 2. The molecule has 188 valence electrons. The molecule has 6 heteroatoms. The number of carbonyl (C=O) groups excluding carboxylic acids is 1. The Kier molecular flexibility index (Phi) is 7.17. The van der Waals surface area contributed by atoms with Gasteiger partial charge in [0.1, 0.15) is 18.0 Å². The molecule has 1 amide bonds. The van der Waals surface area contributed by atoms with Crippen molar-refractivity contribution < 1.29 is 19.4 Å². The molecule has 0 bridgehead atoms. The van der Waals surface area contributed by atoms with E-state index in [2.05, 4.69) is 40.6 Å². The number of hydrogen-bond acceptors (Lipinski definition) is 4. The van der Waals surface area contributed by atoms with Crippen molar-refractivity contribution in [3.8, 4) is 16.9 Å². The van der Waals surface area contributed by atoms with Gasteiger partial charge in [0, 0.05) is 18.0 Å². The van der Waals surface area contributed by atoms with Gasteiger partial charge in [-0.3, -0.25) is 9.79 Å². The number of aliphatic carboxylic acids is 1. The summed E-state index contributed by atoms with van der Waals surface area (Å²) in [6.45, 7) is 0.489. The maximum Gasteiger partial charge on any atom is 0.328 e. The standard InChI is InChI=1S/C31H30N2O4/c34-29(35)14-9-22-5-4-6-26(19-22)33-30(36)31(15-2-1-3-16-31)21-23-7-10-24(11-8-23)25-12-13-27-28(20-25)37-18-17-32-27/h4-14,17,19-20H,1-3,15-16,18,21H2,(H,33,36)(H,34,35)/b14-9+. The molecule has 37 heavy (non-hydrogen) atoms. The summed E-state index contributed by atoms with van der Waals surface area (Å²) >= 11 is 0. The Morgan fingerprint density at radius 1 is 0.973 bits per heavy atom. The number of hydrogen-bond donors (Lipinski definition) is 2. The molecule has 1 aliphatic carbocycles. The SMILES string of the molecule is O=C(O)/C=C/c1cccc(NC(=O)C2(Cc3ccc(-c4ccc5c(c4)OCC=N5)cc3)CCCCC2)c1. The van der Waals surface area contributed by atoms with Crippen molar-refractivity contribution in [2.75, 3.05) is 11.9 Å². The van der Waals surface area contributed by atoms with E-state index in [-0.39, 0.29) is 5.91 Å². The van der Waals surface area contributed by atoms with Gasteiger partial charge in [0.2, 0.25) is 5.91 Å². The van der Waals surface area contributed by atoms with Crippen LogP contribution in [0.4, 0.5) is 11.4 Å². The van der Waals surface area contributed by atoms with E-state index in [1.54, 1.807) is 12.3 Å². The first-order valence-electron chi connectivity index (χ1n) is 12.7. The lowest BCUT2D eigenvalue weighted by molar-refractivity contribution is -0.131. The molecule has 0 atom stereocenters. The summed E-state index contributed by atoms with van der Waals surface area (Å²) in [5.74, 6) is -0.178. The van der Waals surface area contributed by atoms with Crippen LogP contribution in [0, 0.1) is 5.41 Å². The van der Waals surface area contributed by atoms with Crippen molar-refractivity contribution in [2.24, 2.45) is 10.4 Å². The lowest BCUT2D eigenvalue weighted by Gasteiger charge is -2.36. The van der Waals surface area contributed by atoms with Crippen LogP contribution in [0.25, 0.3) is 17.2 Å².